The van der Waals surface area contributed by atoms with Crippen LogP contribution in [0.4, 0.5) is 0 Å². The van der Waals surface area contributed by atoms with Gasteiger partial charge in [0.2, 0.25) is 15.9 Å². The standard InChI is InChI=1S/C21H24N2O6S/c24-21(23-8-10-27-11-9-23)18(14-16-4-2-1-3-5-16)22-30(25,26)17-6-7-19-20(15-17)29-13-12-28-19/h1-7,15,18,22H,8-14H2/t18-/m0/s1. The smallest absolute Gasteiger partial charge is 0.241 e. The maximum Gasteiger partial charge on any atom is 0.241 e. The average molecular weight is 432 g/mol. The van der Waals surface area contributed by atoms with Gasteiger partial charge in [0, 0.05) is 19.2 Å². The Labute approximate surface area is 175 Å². The Balaban J connectivity index is 1.58. The van der Waals surface area contributed by atoms with Gasteiger partial charge in [-0.25, -0.2) is 8.42 Å². The van der Waals surface area contributed by atoms with Gasteiger partial charge in [-0.15, -0.1) is 0 Å². The van der Waals surface area contributed by atoms with Crippen molar-refractivity contribution < 1.29 is 27.4 Å². The van der Waals surface area contributed by atoms with Crippen LogP contribution in [0.2, 0.25) is 0 Å². The van der Waals surface area contributed by atoms with Gasteiger partial charge < -0.3 is 19.1 Å². The number of morpholine rings is 1. The Bertz CT molecular complexity index is 990. The predicted molar refractivity (Wildman–Crippen MR) is 109 cm³/mol. The maximum atomic E-state index is 13.1. The van der Waals surface area contributed by atoms with Gasteiger partial charge in [0.15, 0.2) is 11.5 Å². The van der Waals surface area contributed by atoms with E-state index in [9.17, 15) is 13.2 Å². The van der Waals surface area contributed by atoms with Crippen LogP contribution in [0, 0.1) is 0 Å². The first-order chi connectivity index (χ1) is 14.5. The van der Waals surface area contributed by atoms with Crippen molar-refractivity contribution in [1.29, 1.82) is 0 Å². The minimum absolute atomic E-state index is 0.0274. The number of benzene rings is 2. The molecule has 2 aromatic carbocycles. The molecule has 2 aliphatic heterocycles. The third kappa shape index (κ3) is 4.75. The van der Waals surface area contributed by atoms with Crippen LogP contribution in [-0.4, -0.2) is 64.8 Å². The zero-order chi connectivity index (χ0) is 21.0. The van der Waals surface area contributed by atoms with Crippen LogP contribution < -0.4 is 14.2 Å². The molecule has 0 radical (unpaired) electrons. The molecule has 2 aromatic rings. The van der Waals surface area contributed by atoms with Crippen molar-refractivity contribution in [2.75, 3.05) is 39.5 Å². The SMILES string of the molecule is O=C([C@H](Cc1ccccc1)NS(=O)(=O)c1ccc2c(c1)OCCO2)N1CCOCC1. The second-order valence-corrected chi connectivity index (χ2v) is 8.82. The predicted octanol–water partition coefficient (Wildman–Crippen LogP) is 1.21. The van der Waals surface area contributed by atoms with E-state index in [1.54, 1.807) is 11.0 Å². The zero-order valence-electron chi connectivity index (χ0n) is 16.5. The summed E-state index contributed by atoms with van der Waals surface area (Å²) >= 11 is 0. The molecule has 2 heterocycles. The lowest BCUT2D eigenvalue weighted by atomic mass is 10.1. The molecule has 1 saturated heterocycles. The van der Waals surface area contributed by atoms with E-state index in [0.717, 1.165) is 5.56 Å². The first kappa shape index (κ1) is 20.6. The van der Waals surface area contributed by atoms with Gasteiger partial charge in [-0.3, -0.25) is 4.79 Å². The number of hydrogen-bond donors (Lipinski definition) is 1. The molecule has 0 saturated carbocycles. The molecule has 0 unspecified atom stereocenters. The fourth-order valence-corrected chi connectivity index (χ4v) is 4.68. The van der Waals surface area contributed by atoms with Crippen molar-refractivity contribution >= 4 is 15.9 Å². The molecule has 0 aromatic heterocycles. The van der Waals surface area contributed by atoms with Crippen LogP contribution in [0.25, 0.3) is 0 Å². The molecular weight excluding hydrogens is 408 g/mol. The van der Waals surface area contributed by atoms with Gasteiger partial charge in [-0.2, -0.15) is 4.72 Å². The van der Waals surface area contributed by atoms with Crippen molar-refractivity contribution in [2.24, 2.45) is 0 Å². The largest absolute Gasteiger partial charge is 0.486 e. The van der Waals surface area contributed by atoms with Gasteiger partial charge in [-0.05, 0) is 24.1 Å². The quantitative estimate of drug-likeness (QED) is 0.737. The molecule has 1 fully saturated rings. The number of carbonyl (C=O) groups is 1. The summed E-state index contributed by atoms with van der Waals surface area (Å²) in [6.07, 6.45) is 0.251. The highest BCUT2D eigenvalue weighted by atomic mass is 32.2. The molecule has 0 aliphatic carbocycles. The Morgan fingerprint density at radius 1 is 0.967 bits per heavy atom. The molecule has 160 valence electrons. The van der Waals surface area contributed by atoms with Crippen molar-refractivity contribution in [2.45, 2.75) is 17.4 Å². The molecule has 2 aliphatic rings. The molecule has 0 bridgehead atoms. The fourth-order valence-electron chi connectivity index (χ4n) is 3.48. The van der Waals surface area contributed by atoms with E-state index >= 15 is 0 Å². The molecular formula is C21H24N2O6S. The van der Waals surface area contributed by atoms with E-state index < -0.39 is 16.1 Å². The molecule has 8 nitrogen and oxygen atoms in total. The van der Waals surface area contributed by atoms with Gasteiger partial charge in [0.1, 0.15) is 19.3 Å². The zero-order valence-corrected chi connectivity index (χ0v) is 17.3. The highest BCUT2D eigenvalue weighted by Gasteiger charge is 2.31. The van der Waals surface area contributed by atoms with E-state index in [2.05, 4.69) is 4.72 Å². The van der Waals surface area contributed by atoms with E-state index in [-0.39, 0.29) is 17.2 Å². The third-order valence-corrected chi connectivity index (χ3v) is 6.49. The van der Waals surface area contributed by atoms with E-state index in [0.29, 0.717) is 51.0 Å². The molecule has 4 rings (SSSR count). The topological polar surface area (TPSA) is 94.2 Å². The van der Waals surface area contributed by atoms with Gasteiger partial charge >= 0.3 is 0 Å². The Morgan fingerprint density at radius 2 is 1.67 bits per heavy atom. The highest BCUT2D eigenvalue weighted by Crippen LogP contribution is 2.32. The van der Waals surface area contributed by atoms with Gasteiger partial charge in [0.25, 0.3) is 0 Å². The summed E-state index contributed by atoms with van der Waals surface area (Å²) in [5.74, 6) is 0.622. The molecule has 9 heteroatoms. The number of fused-ring (bicyclic) bond motifs is 1. The van der Waals surface area contributed by atoms with Gasteiger partial charge in [-0.1, -0.05) is 30.3 Å². The minimum Gasteiger partial charge on any atom is -0.486 e. The summed E-state index contributed by atoms with van der Waals surface area (Å²) < 4.78 is 45.1. The average Bonchev–Trinajstić information content (AvgIpc) is 2.79. The Hall–Kier alpha value is -2.62. The molecule has 1 amide bonds. The van der Waals surface area contributed by atoms with Crippen LogP contribution in [0.5, 0.6) is 11.5 Å². The third-order valence-electron chi connectivity index (χ3n) is 5.02. The second-order valence-electron chi connectivity index (χ2n) is 7.11. The lowest BCUT2D eigenvalue weighted by Crippen LogP contribution is -2.52. The van der Waals surface area contributed by atoms with Crippen LogP contribution >= 0.6 is 0 Å². The Kier molecular flexibility index (Phi) is 6.21. The van der Waals surface area contributed by atoms with Gasteiger partial charge in [0.05, 0.1) is 18.1 Å². The summed E-state index contributed by atoms with van der Waals surface area (Å²) in [7, 11) is -3.96. The van der Waals surface area contributed by atoms with E-state index in [1.807, 2.05) is 30.3 Å². The summed E-state index contributed by atoms with van der Waals surface area (Å²) in [6.45, 7) is 2.55. The van der Waals surface area contributed by atoms with Crippen LogP contribution in [-0.2, 0) is 26.0 Å². The molecule has 1 atom stereocenters. The van der Waals surface area contributed by atoms with Crippen molar-refractivity contribution in [3.05, 3.63) is 54.1 Å². The number of nitrogens with zero attached hydrogens (tertiary/aromatic N) is 1. The molecule has 0 spiro atoms. The van der Waals surface area contributed by atoms with Crippen LogP contribution in [0.3, 0.4) is 0 Å². The van der Waals surface area contributed by atoms with Crippen LogP contribution in [0.1, 0.15) is 5.56 Å². The summed E-state index contributed by atoms with van der Waals surface area (Å²) in [5, 5.41) is 0. The van der Waals surface area contributed by atoms with Crippen molar-refractivity contribution in [3.8, 4) is 11.5 Å². The van der Waals surface area contributed by atoms with E-state index in [1.165, 1.54) is 12.1 Å². The maximum absolute atomic E-state index is 13.1. The lowest BCUT2D eigenvalue weighted by Gasteiger charge is -2.30. The fraction of sp³-hybridized carbons (Fsp3) is 0.381. The monoisotopic (exact) mass is 432 g/mol. The Morgan fingerprint density at radius 3 is 2.40 bits per heavy atom. The lowest BCUT2D eigenvalue weighted by molar-refractivity contribution is -0.137. The first-order valence-electron chi connectivity index (χ1n) is 9.85. The number of rotatable bonds is 6. The number of sulfonamides is 1. The summed E-state index contributed by atoms with van der Waals surface area (Å²) in [5.41, 5.74) is 0.869. The minimum atomic E-state index is -3.96. The second kappa shape index (κ2) is 9.03. The number of hydrogen-bond acceptors (Lipinski definition) is 6. The molecule has 30 heavy (non-hydrogen) atoms. The van der Waals surface area contributed by atoms with E-state index in [4.69, 9.17) is 14.2 Å². The number of ether oxygens (including phenoxy) is 3. The first-order valence-corrected chi connectivity index (χ1v) is 11.3. The highest BCUT2D eigenvalue weighted by molar-refractivity contribution is 7.89. The van der Waals surface area contributed by atoms with Crippen molar-refractivity contribution in [3.63, 3.8) is 0 Å². The summed E-state index contributed by atoms with van der Waals surface area (Å²) in [6, 6.07) is 12.9. The number of amides is 1. The number of carbonyl (C=O) groups excluding carboxylic acids is 1. The molecule has 1 N–H and O–H groups in total. The van der Waals surface area contributed by atoms with Crippen molar-refractivity contribution in [1.82, 2.24) is 9.62 Å². The number of nitrogens with one attached hydrogen (secondary N) is 1. The van der Waals surface area contributed by atoms with Crippen LogP contribution in [0.15, 0.2) is 53.4 Å². The summed E-state index contributed by atoms with van der Waals surface area (Å²) in [4.78, 5) is 14.8. The normalized spacial score (nSPS) is 17.4.